The van der Waals surface area contributed by atoms with Gasteiger partial charge in [-0.1, -0.05) is 134 Å². The summed E-state index contributed by atoms with van der Waals surface area (Å²) in [5.41, 5.74) is 2.26. The molecule has 0 spiro atoms. The Kier molecular flexibility index (Phi) is 13.1. The topological polar surface area (TPSA) is 17.1 Å². The van der Waals surface area contributed by atoms with Gasteiger partial charge in [-0.15, -0.1) is 0 Å². The molecule has 0 aromatic heterocycles. The lowest BCUT2D eigenvalue weighted by Gasteiger charge is -2.23. The van der Waals surface area contributed by atoms with Crippen LogP contribution in [-0.4, -0.2) is 5.78 Å². The molecule has 0 heterocycles. The molecule has 29 heavy (non-hydrogen) atoms. The van der Waals surface area contributed by atoms with Gasteiger partial charge in [0.15, 0.2) is 5.78 Å². The third kappa shape index (κ3) is 9.96. The molecule has 1 atom stereocenters. The summed E-state index contributed by atoms with van der Waals surface area (Å²) in [6, 6.07) is 8.21. The van der Waals surface area contributed by atoms with E-state index in [1.165, 1.54) is 108 Å². The fourth-order valence-electron chi connectivity index (χ4n) is 4.87. The highest BCUT2D eigenvalue weighted by Gasteiger charge is 2.26. The maximum absolute atomic E-state index is 12.6. The van der Waals surface area contributed by atoms with Gasteiger partial charge in [-0.05, 0) is 24.8 Å². The average molecular weight is 399 g/mol. The Morgan fingerprint density at radius 3 is 1.72 bits per heavy atom. The first-order valence-electron chi connectivity index (χ1n) is 12.9. The molecule has 0 saturated heterocycles. The van der Waals surface area contributed by atoms with Gasteiger partial charge >= 0.3 is 0 Å². The van der Waals surface area contributed by atoms with Crippen LogP contribution in [0.2, 0.25) is 0 Å². The average Bonchev–Trinajstić information content (AvgIpc) is 2.75. The van der Waals surface area contributed by atoms with Crippen LogP contribution in [0.5, 0.6) is 0 Å². The summed E-state index contributed by atoms with van der Waals surface area (Å²) >= 11 is 0. The molecule has 2 rings (SSSR count). The minimum absolute atomic E-state index is 0.288. The van der Waals surface area contributed by atoms with Crippen molar-refractivity contribution in [3.05, 3.63) is 35.4 Å². The summed E-state index contributed by atoms with van der Waals surface area (Å²) in [7, 11) is 0. The molecule has 1 nitrogen and oxygen atoms in total. The molecule has 0 fully saturated rings. The number of hydrogen-bond donors (Lipinski definition) is 0. The molecular weight excluding hydrogens is 352 g/mol. The van der Waals surface area contributed by atoms with E-state index in [4.69, 9.17) is 0 Å². The van der Waals surface area contributed by atoms with Crippen molar-refractivity contribution >= 4 is 5.78 Å². The first-order valence-corrected chi connectivity index (χ1v) is 12.9. The summed E-state index contributed by atoms with van der Waals surface area (Å²) in [6.07, 6.45) is 25.8. The molecule has 0 radical (unpaired) electrons. The summed E-state index contributed by atoms with van der Waals surface area (Å²) < 4.78 is 0. The van der Waals surface area contributed by atoms with Gasteiger partial charge in [-0.3, -0.25) is 4.79 Å². The van der Waals surface area contributed by atoms with E-state index in [0.717, 1.165) is 24.8 Å². The van der Waals surface area contributed by atoms with Crippen molar-refractivity contribution in [2.24, 2.45) is 5.92 Å². The predicted molar refractivity (Wildman–Crippen MR) is 127 cm³/mol. The van der Waals surface area contributed by atoms with Crippen LogP contribution in [0.4, 0.5) is 0 Å². The molecule has 0 amide bonds. The number of carbonyl (C=O) groups is 1. The lowest BCUT2D eigenvalue weighted by atomic mass is 9.80. The second kappa shape index (κ2) is 15.7. The van der Waals surface area contributed by atoms with Crippen LogP contribution in [-0.2, 0) is 6.42 Å². The molecule has 1 aromatic carbocycles. The molecule has 0 bridgehead atoms. The third-order valence-corrected chi connectivity index (χ3v) is 6.82. The zero-order valence-electron chi connectivity index (χ0n) is 19.2. The van der Waals surface area contributed by atoms with Crippen LogP contribution < -0.4 is 0 Å². The normalized spacial score (nSPS) is 16.2. The Hall–Kier alpha value is -1.11. The Labute approximate surface area is 181 Å². The Morgan fingerprint density at radius 2 is 1.17 bits per heavy atom. The minimum atomic E-state index is 0.288. The highest BCUT2D eigenvalue weighted by atomic mass is 16.1. The number of benzene rings is 1. The zero-order chi connectivity index (χ0) is 20.6. The van der Waals surface area contributed by atoms with Crippen LogP contribution >= 0.6 is 0 Å². The van der Waals surface area contributed by atoms with Crippen LogP contribution in [0.3, 0.4) is 0 Å². The van der Waals surface area contributed by atoms with Gasteiger partial charge in [0.2, 0.25) is 0 Å². The van der Waals surface area contributed by atoms with Gasteiger partial charge in [-0.2, -0.15) is 0 Å². The summed E-state index contributed by atoms with van der Waals surface area (Å²) in [5, 5.41) is 0. The Balaban J connectivity index is 1.35. The highest BCUT2D eigenvalue weighted by molar-refractivity contribution is 6.00. The molecule has 0 saturated carbocycles. The number of Topliss-reactive ketones (excluding diaryl/α,β-unsaturated/α-hetero) is 1. The predicted octanol–water partition coefficient (Wildman–Crippen LogP) is 9.08. The standard InChI is InChI=1S/C28H46O/c1-2-3-4-5-6-7-8-9-10-11-12-13-14-15-16-17-21-26-24-23-25-20-18-19-22-27(25)28(26)29/h18-20,22,26H,2-17,21,23-24H2,1H3. The summed E-state index contributed by atoms with van der Waals surface area (Å²) in [4.78, 5) is 12.6. The summed E-state index contributed by atoms with van der Waals surface area (Å²) in [5.74, 6) is 0.698. The van der Waals surface area contributed by atoms with Gasteiger partial charge in [0.05, 0.1) is 0 Å². The zero-order valence-corrected chi connectivity index (χ0v) is 19.2. The first kappa shape index (κ1) is 24.2. The van der Waals surface area contributed by atoms with Crippen molar-refractivity contribution in [3.8, 4) is 0 Å². The molecule has 1 heteroatoms. The number of aryl methyl sites for hydroxylation is 1. The van der Waals surface area contributed by atoms with E-state index in [2.05, 4.69) is 19.1 Å². The van der Waals surface area contributed by atoms with E-state index < -0.39 is 0 Å². The van der Waals surface area contributed by atoms with Gasteiger partial charge in [-0.25, -0.2) is 0 Å². The SMILES string of the molecule is CCCCCCCCCCCCCCCCCCC1CCc2ccccc2C1=O. The minimum Gasteiger partial charge on any atom is -0.294 e. The van der Waals surface area contributed by atoms with Crippen molar-refractivity contribution < 1.29 is 4.79 Å². The maximum Gasteiger partial charge on any atom is 0.166 e. The van der Waals surface area contributed by atoms with E-state index in [9.17, 15) is 4.79 Å². The second-order valence-electron chi connectivity index (χ2n) is 9.35. The van der Waals surface area contributed by atoms with Crippen LogP contribution in [0.15, 0.2) is 24.3 Å². The second-order valence-corrected chi connectivity index (χ2v) is 9.35. The molecule has 0 N–H and O–H groups in total. The Morgan fingerprint density at radius 1 is 0.690 bits per heavy atom. The van der Waals surface area contributed by atoms with E-state index in [-0.39, 0.29) is 5.92 Å². The number of carbonyl (C=O) groups excluding carboxylic acids is 1. The number of fused-ring (bicyclic) bond motifs is 1. The van der Waals surface area contributed by atoms with Gasteiger partial charge < -0.3 is 0 Å². The smallest absolute Gasteiger partial charge is 0.166 e. The number of unbranched alkanes of at least 4 members (excludes halogenated alkanes) is 15. The van der Waals surface area contributed by atoms with E-state index in [1.54, 1.807) is 0 Å². The molecule has 1 aliphatic rings. The largest absolute Gasteiger partial charge is 0.294 e. The van der Waals surface area contributed by atoms with E-state index in [1.807, 2.05) is 12.1 Å². The fraction of sp³-hybridized carbons (Fsp3) is 0.750. The van der Waals surface area contributed by atoms with Gasteiger partial charge in [0, 0.05) is 11.5 Å². The molecule has 1 unspecified atom stereocenters. The quantitative estimate of drug-likeness (QED) is 0.239. The van der Waals surface area contributed by atoms with Crippen molar-refractivity contribution in [2.75, 3.05) is 0 Å². The highest BCUT2D eigenvalue weighted by Crippen LogP contribution is 2.29. The van der Waals surface area contributed by atoms with Crippen molar-refractivity contribution in [2.45, 2.75) is 129 Å². The van der Waals surface area contributed by atoms with Crippen molar-refractivity contribution in [1.29, 1.82) is 0 Å². The van der Waals surface area contributed by atoms with Gasteiger partial charge in [0.25, 0.3) is 0 Å². The third-order valence-electron chi connectivity index (χ3n) is 6.82. The lowest BCUT2D eigenvalue weighted by molar-refractivity contribution is 0.0892. The number of hydrogen-bond acceptors (Lipinski definition) is 1. The molecule has 164 valence electrons. The number of rotatable bonds is 17. The van der Waals surface area contributed by atoms with E-state index in [0.29, 0.717) is 5.78 Å². The molecule has 1 aromatic rings. The van der Waals surface area contributed by atoms with Crippen LogP contribution in [0, 0.1) is 5.92 Å². The van der Waals surface area contributed by atoms with Crippen LogP contribution in [0.1, 0.15) is 138 Å². The molecule has 1 aliphatic carbocycles. The molecule has 0 aliphatic heterocycles. The first-order chi connectivity index (χ1) is 14.3. The maximum atomic E-state index is 12.6. The van der Waals surface area contributed by atoms with Crippen molar-refractivity contribution in [3.63, 3.8) is 0 Å². The monoisotopic (exact) mass is 398 g/mol. The molecular formula is C28H46O. The lowest BCUT2D eigenvalue weighted by Crippen LogP contribution is -2.22. The van der Waals surface area contributed by atoms with Crippen LogP contribution in [0.25, 0.3) is 0 Å². The fourth-order valence-corrected chi connectivity index (χ4v) is 4.87. The number of ketones is 1. The van der Waals surface area contributed by atoms with Crippen molar-refractivity contribution in [1.82, 2.24) is 0 Å². The summed E-state index contributed by atoms with van der Waals surface area (Å²) in [6.45, 7) is 2.29. The van der Waals surface area contributed by atoms with Gasteiger partial charge in [0.1, 0.15) is 0 Å². The van der Waals surface area contributed by atoms with E-state index >= 15 is 0 Å². The Bertz CT molecular complexity index is 547.